The molecule has 0 amide bonds. The summed E-state index contributed by atoms with van der Waals surface area (Å²) in [5.74, 6) is 1.65. The van der Waals surface area contributed by atoms with Gasteiger partial charge in [0, 0.05) is 16.5 Å². The van der Waals surface area contributed by atoms with Crippen LogP contribution < -0.4 is 5.32 Å². The molecular formula is C46H33N3. The third kappa shape index (κ3) is 4.29. The minimum absolute atomic E-state index is 0.0682. The number of benzene rings is 8. The van der Waals surface area contributed by atoms with Crippen LogP contribution in [0.1, 0.15) is 47.8 Å². The number of fused-ring (bicyclic) bond motifs is 10. The molecular weight excluding hydrogens is 595 g/mol. The van der Waals surface area contributed by atoms with Crippen molar-refractivity contribution < 1.29 is 0 Å². The van der Waals surface area contributed by atoms with Gasteiger partial charge in [0.25, 0.3) is 0 Å². The van der Waals surface area contributed by atoms with Crippen LogP contribution >= 0.6 is 0 Å². The van der Waals surface area contributed by atoms with E-state index in [2.05, 4.69) is 165 Å². The highest BCUT2D eigenvalue weighted by molar-refractivity contribution is 6.23. The minimum Gasteiger partial charge on any atom is -0.324 e. The van der Waals surface area contributed by atoms with E-state index in [9.17, 15) is 0 Å². The Morgan fingerprint density at radius 3 is 2.04 bits per heavy atom. The number of nitrogens with one attached hydrogen (secondary N) is 1. The van der Waals surface area contributed by atoms with Crippen LogP contribution in [-0.2, 0) is 5.41 Å². The van der Waals surface area contributed by atoms with Crippen molar-refractivity contribution >= 4 is 54.8 Å². The van der Waals surface area contributed by atoms with Gasteiger partial charge in [-0.25, -0.2) is 9.98 Å². The smallest absolute Gasteiger partial charge is 0.169 e. The van der Waals surface area contributed by atoms with Gasteiger partial charge in [0.15, 0.2) is 6.17 Å². The minimum atomic E-state index is -0.359. The predicted octanol–water partition coefficient (Wildman–Crippen LogP) is 11.1. The lowest BCUT2D eigenvalue weighted by atomic mass is 9.79. The Hall–Kier alpha value is -6.06. The molecule has 232 valence electrons. The van der Waals surface area contributed by atoms with E-state index < -0.39 is 0 Å². The first-order chi connectivity index (χ1) is 24.0. The lowest BCUT2D eigenvalue weighted by molar-refractivity contribution is 0.666. The quantitative estimate of drug-likeness (QED) is 0.194. The van der Waals surface area contributed by atoms with Gasteiger partial charge >= 0.3 is 0 Å². The van der Waals surface area contributed by atoms with E-state index in [4.69, 9.17) is 9.98 Å². The molecule has 0 spiro atoms. The molecule has 3 heteroatoms. The van der Waals surface area contributed by atoms with E-state index in [0.29, 0.717) is 0 Å². The Balaban J connectivity index is 1.12. The van der Waals surface area contributed by atoms with Gasteiger partial charge < -0.3 is 5.32 Å². The number of amidine groups is 2. The van der Waals surface area contributed by atoms with Crippen molar-refractivity contribution in [3.05, 3.63) is 179 Å². The van der Waals surface area contributed by atoms with Gasteiger partial charge in [-0.15, -0.1) is 0 Å². The summed E-state index contributed by atoms with van der Waals surface area (Å²) < 4.78 is 0. The number of nitrogens with zero attached hydrogens (tertiary/aromatic N) is 2. The first kappa shape index (κ1) is 28.0. The first-order valence-corrected chi connectivity index (χ1v) is 17.0. The Kier molecular flexibility index (Phi) is 5.98. The fourth-order valence-corrected chi connectivity index (χ4v) is 8.27. The zero-order chi connectivity index (χ0) is 32.7. The third-order valence-corrected chi connectivity index (χ3v) is 10.6. The molecule has 1 aliphatic carbocycles. The molecule has 0 saturated heterocycles. The van der Waals surface area contributed by atoms with Gasteiger partial charge in [-0.3, -0.25) is 0 Å². The third-order valence-electron chi connectivity index (χ3n) is 10.6. The molecule has 1 unspecified atom stereocenters. The second-order valence-electron chi connectivity index (χ2n) is 13.8. The molecule has 0 aromatic heterocycles. The second kappa shape index (κ2) is 10.5. The van der Waals surface area contributed by atoms with Gasteiger partial charge in [-0.05, 0) is 83.0 Å². The maximum absolute atomic E-state index is 5.22. The van der Waals surface area contributed by atoms with Crippen molar-refractivity contribution in [3.63, 3.8) is 0 Å². The fourth-order valence-electron chi connectivity index (χ4n) is 8.27. The van der Waals surface area contributed by atoms with Gasteiger partial charge in [-0.2, -0.15) is 0 Å². The largest absolute Gasteiger partial charge is 0.324 e. The van der Waals surface area contributed by atoms with Crippen LogP contribution in [0.3, 0.4) is 0 Å². The number of hydrogen-bond donors (Lipinski definition) is 1. The summed E-state index contributed by atoms with van der Waals surface area (Å²) in [6.07, 6.45) is -0.359. The predicted molar refractivity (Wildman–Crippen MR) is 206 cm³/mol. The van der Waals surface area contributed by atoms with Crippen molar-refractivity contribution in [1.82, 2.24) is 5.32 Å². The van der Waals surface area contributed by atoms with E-state index in [1.807, 2.05) is 6.07 Å². The molecule has 0 fully saturated rings. The number of aliphatic imine (C=N–C) groups is 2. The molecule has 8 aromatic carbocycles. The van der Waals surface area contributed by atoms with Crippen molar-refractivity contribution in [2.45, 2.75) is 25.4 Å². The van der Waals surface area contributed by atoms with E-state index in [0.717, 1.165) is 28.4 Å². The average Bonchev–Trinajstić information content (AvgIpc) is 3.40. The Morgan fingerprint density at radius 1 is 0.490 bits per heavy atom. The van der Waals surface area contributed by atoms with Gasteiger partial charge in [0.1, 0.15) is 11.7 Å². The molecule has 49 heavy (non-hydrogen) atoms. The molecule has 1 N–H and O–H groups in total. The van der Waals surface area contributed by atoms with Crippen LogP contribution in [0.2, 0.25) is 0 Å². The first-order valence-electron chi connectivity index (χ1n) is 17.0. The molecule has 1 heterocycles. The zero-order valence-corrected chi connectivity index (χ0v) is 27.4. The fraction of sp³-hybridized carbons (Fsp3) is 0.0870. The van der Waals surface area contributed by atoms with E-state index in [1.165, 1.54) is 65.3 Å². The van der Waals surface area contributed by atoms with Gasteiger partial charge in [0.05, 0.1) is 0 Å². The summed E-state index contributed by atoms with van der Waals surface area (Å²) in [7, 11) is 0. The topological polar surface area (TPSA) is 36.8 Å². The Morgan fingerprint density at radius 2 is 1.16 bits per heavy atom. The van der Waals surface area contributed by atoms with Gasteiger partial charge in [-0.1, -0.05) is 153 Å². The summed E-state index contributed by atoms with van der Waals surface area (Å²) in [6, 6.07) is 54.8. The maximum atomic E-state index is 5.22. The SMILES string of the molecule is CC1(C)c2ccccc2-c2ccc3c(ccc4ccc5cc(C6=NC(c7ccc8ccccc8c7)N=C(c7ccccc7)N6)ccc5c43)c21. The molecule has 1 atom stereocenters. The van der Waals surface area contributed by atoms with E-state index >= 15 is 0 Å². The summed E-state index contributed by atoms with van der Waals surface area (Å²) in [6.45, 7) is 4.74. The van der Waals surface area contributed by atoms with Crippen LogP contribution in [0.4, 0.5) is 0 Å². The van der Waals surface area contributed by atoms with Crippen LogP contribution in [0.5, 0.6) is 0 Å². The normalized spacial score (nSPS) is 16.3. The molecule has 8 aromatic rings. The second-order valence-corrected chi connectivity index (χ2v) is 13.8. The highest BCUT2D eigenvalue weighted by Gasteiger charge is 2.36. The van der Waals surface area contributed by atoms with Crippen LogP contribution in [0.15, 0.2) is 162 Å². The van der Waals surface area contributed by atoms with Crippen LogP contribution in [-0.4, -0.2) is 11.7 Å². The van der Waals surface area contributed by atoms with Crippen molar-refractivity contribution in [2.75, 3.05) is 0 Å². The summed E-state index contributed by atoms with van der Waals surface area (Å²) in [5.41, 5.74) is 8.62. The summed E-state index contributed by atoms with van der Waals surface area (Å²) in [4.78, 5) is 10.3. The molecule has 10 rings (SSSR count). The van der Waals surface area contributed by atoms with Crippen molar-refractivity contribution in [3.8, 4) is 11.1 Å². The average molecular weight is 628 g/mol. The van der Waals surface area contributed by atoms with E-state index in [1.54, 1.807) is 0 Å². The Labute approximate surface area is 285 Å². The van der Waals surface area contributed by atoms with Gasteiger partial charge in [0.2, 0.25) is 0 Å². The number of rotatable bonds is 3. The molecule has 1 aliphatic heterocycles. The van der Waals surface area contributed by atoms with Crippen molar-refractivity contribution in [1.29, 1.82) is 0 Å². The summed E-state index contributed by atoms with van der Waals surface area (Å²) >= 11 is 0. The lowest BCUT2D eigenvalue weighted by Gasteiger charge is -2.24. The zero-order valence-electron chi connectivity index (χ0n) is 27.4. The van der Waals surface area contributed by atoms with Crippen LogP contribution in [0.25, 0.3) is 54.2 Å². The molecule has 0 saturated carbocycles. The monoisotopic (exact) mass is 627 g/mol. The summed E-state index contributed by atoms with van der Waals surface area (Å²) in [5, 5.41) is 13.6. The van der Waals surface area contributed by atoms with E-state index in [-0.39, 0.29) is 11.6 Å². The number of hydrogen-bond acceptors (Lipinski definition) is 3. The molecule has 0 radical (unpaired) electrons. The lowest BCUT2D eigenvalue weighted by Crippen LogP contribution is -2.36. The maximum Gasteiger partial charge on any atom is 0.169 e. The molecule has 0 bridgehead atoms. The Bertz CT molecular complexity index is 2720. The van der Waals surface area contributed by atoms with Crippen LogP contribution in [0, 0.1) is 0 Å². The highest BCUT2D eigenvalue weighted by Crippen LogP contribution is 2.52. The molecule has 2 aliphatic rings. The highest BCUT2D eigenvalue weighted by atomic mass is 15.2. The standard InChI is InChI=1S/C46H33N3/c1-46(2)40-15-9-8-14-36(40)38-25-24-37-39(42(38)46)23-20-29-17-18-32-27-34(21-22-35(32)41(29)37)45-48-43(30-11-4-3-5-12-30)47-44(49-45)33-19-16-28-10-6-7-13-31(28)26-33/h3-27,44H,1-2H3,(H,47,48,49). The molecule has 3 nitrogen and oxygen atoms in total. The van der Waals surface area contributed by atoms with Crippen molar-refractivity contribution in [2.24, 2.45) is 9.98 Å².